The smallest absolute Gasteiger partial charge is 0.268 e. The number of benzene rings is 2. The molecular weight excluding hydrogens is 396 g/mol. The first kappa shape index (κ1) is 19.1. The zero-order valence-electron chi connectivity index (χ0n) is 17.3. The predicted octanol–water partition coefficient (Wildman–Crippen LogP) is 4.26. The Bertz CT molecular complexity index is 1270. The molecule has 4 aromatic rings. The highest BCUT2D eigenvalue weighted by Gasteiger charge is 2.19. The number of carbonyl (C=O) groups is 1. The molecule has 1 aliphatic heterocycles. The number of hydrogen-bond donors (Lipinski definition) is 1. The summed E-state index contributed by atoms with van der Waals surface area (Å²) in [6.45, 7) is 3.02. The first-order valence-corrected chi connectivity index (χ1v) is 10.00. The molecule has 31 heavy (non-hydrogen) atoms. The van der Waals surface area contributed by atoms with Crippen LogP contribution in [0.2, 0.25) is 0 Å². The van der Waals surface area contributed by atoms with E-state index in [1.54, 1.807) is 13.2 Å². The van der Waals surface area contributed by atoms with E-state index in [-0.39, 0.29) is 12.7 Å². The second-order valence-corrected chi connectivity index (χ2v) is 7.44. The number of aryl methyl sites for hydroxylation is 1. The van der Waals surface area contributed by atoms with Crippen LogP contribution in [0.3, 0.4) is 0 Å². The van der Waals surface area contributed by atoms with Gasteiger partial charge in [0.25, 0.3) is 5.91 Å². The van der Waals surface area contributed by atoms with Crippen LogP contribution in [0.5, 0.6) is 17.2 Å². The number of amides is 1. The fourth-order valence-corrected chi connectivity index (χ4v) is 3.80. The van der Waals surface area contributed by atoms with Crippen molar-refractivity contribution in [2.24, 2.45) is 0 Å². The maximum atomic E-state index is 13.1. The zero-order valence-corrected chi connectivity index (χ0v) is 17.3. The van der Waals surface area contributed by atoms with Gasteiger partial charge in [0.15, 0.2) is 17.1 Å². The van der Waals surface area contributed by atoms with Crippen LogP contribution in [-0.4, -0.2) is 24.4 Å². The van der Waals surface area contributed by atoms with Gasteiger partial charge in [0, 0.05) is 25.2 Å². The van der Waals surface area contributed by atoms with Crippen LogP contribution in [0.25, 0.3) is 11.1 Å². The molecule has 0 saturated carbocycles. The second kappa shape index (κ2) is 7.75. The Balaban J connectivity index is 1.41. The Morgan fingerprint density at radius 1 is 1.06 bits per heavy atom. The zero-order chi connectivity index (χ0) is 21.4. The lowest BCUT2D eigenvalue weighted by molar-refractivity contribution is 0.0942. The summed E-state index contributed by atoms with van der Waals surface area (Å²) < 4.78 is 23.8. The van der Waals surface area contributed by atoms with Gasteiger partial charge in [0.2, 0.25) is 6.79 Å². The number of ether oxygens (including phenoxy) is 3. The molecule has 2 aromatic heterocycles. The fourth-order valence-electron chi connectivity index (χ4n) is 3.80. The lowest BCUT2D eigenvalue weighted by Crippen LogP contribution is -2.25. The molecule has 0 saturated heterocycles. The third-order valence-electron chi connectivity index (χ3n) is 5.31. The number of methoxy groups -OCH3 is 1. The van der Waals surface area contributed by atoms with Gasteiger partial charge in [-0.25, -0.2) is 0 Å². The third kappa shape index (κ3) is 3.70. The van der Waals surface area contributed by atoms with E-state index >= 15 is 0 Å². The number of nitrogens with zero attached hydrogens (tertiary/aromatic N) is 1. The summed E-state index contributed by atoms with van der Waals surface area (Å²) in [5, 5.41) is 3.00. The summed E-state index contributed by atoms with van der Waals surface area (Å²) in [5.41, 5.74) is 4.07. The van der Waals surface area contributed by atoms with Crippen LogP contribution >= 0.6 is 0 Å². The number of aromatic nitrogens is 1. The topological polar surface area (TPSA) is 74.9 Å². The van der Waals surface area contributed by atoms with E-state index in [2.05, 4.69) is 5.32 Å². The lowest BCUT2D eigenvalue weighted by atomic mass is 10.2. The maximum Gasteiger partial charge on any atom is 0.268 e. The average molecular weight is 418 g/mol. The maximum absolute atomic E-state index is 13.1. The van der Waals surface area contributed by atoms with Gasteiger partial charge in [-0.05, 0) is 42.3 Å². The minimum Gasteiger partial charge on any atom is -0.497 e. The molecule has 158 valence electrons. The van der Waals surface area contributed by atoms with Gasteiger partial charge in [0.1, 0.15) is 17.2 Å². The van der Waals surface area contributed by atoms with E-state index in [1.165, 1.54) is 0 Å². The molecule has 0 bridgehead atoms. The van der Waals surface area contributed by atoms with Crippen LogP contribution in [0.15, 0.2) is 59.0 Å². The molecule has 7 heteroatoms. The molecule has 0 atom stereocenters. The van der Waals surface area contributed by atoms with Crippen molar-refractivity contribution in [1.29, 1.82) is 0 Å². The molecule has 1 aliphatic rings. The van der Waals surface area contributed by atoms with Crippen LogP contribution in [-0.2, 0) is 13.1 Å². The van der Waals surface area contributed by atoms with Gasteiger partial charge in [-0.1, -0.05) is 18.2 Å². The number of carbonyl (C=O) groups excluding carboxylic acids is 1. The number of nitrogens with one attached hydrogen (secondary N) is 1. The summed E-state index contributed by atoms with van der Waals surface area (Å²) in [6.07, 6.45) is 0. The van der Waals surface area contributed by atoms with Gasteiger partial charge in [0.05, 0.1) is 12.6 Å². The Morgan fingerprint density at radius 3 is 2.81 bits per heavy atom. The fraction of sp³-hybridized carbons (Fsp3) is 0.208. The Morgan fingerprint density at radius 2 is 1.94 bits per heavy atom. The molecule has 2 aromatic carbocycles. The molecule has 0 spiro atoms. The summed E-state index contributed by atoms with van der Waals surface area (Å²) in [7, 11) is 1.64. The Kier molecular flexibility index (Phi) is 4.78. The van der Waals surface area contributed by atoms with Crippen molar-refractivity contribution in [1.82, 2.24) is 9.88 Å². The standard InChI is InChI=1S/C24H22N2O5/c1-15-8-19-22(31-15)11-20(26(19)13-17-4-3-5-18(9-17)28-2)24(27)25-12-16-6-7-21-23(10-16)30-14-29-21/h3-11H,12-14H2,1-2H3,(H,25,27). The van der Waals surface area contributed by atoms with Crippen LogP contribution < -0.4 is 19.5 Å². The Labute approximate surface area is 179 Å². The van der Waals surface area contributed by atoms with E-state index in [0.29, 0.717) is 30.1 Å². The summed E-state index contributed by atoms with van der Waals surface area (Å²) in [4.78, 5) is 13.1. The Hall–Kier alpha value is -3.87. The second-order valence-electron chi connectivity index (χ2n) is 7.44. The van der Waals surface area contributed by atoms with Crippen molar-refractivity contribution in [3.8, 4) is 17.2 Å². The largest absolute Gasteiger partial charge is 0.497 e. The van der Waals surface area contributed by atoms with Gasteiger partial charge in [-0.2, -0.15) is 0 Å². The molecule has 0 aliphatic carbocycles. The van der Waals surface area contributed by atoms with Crippen molar-refractivity contribution in [3.63, 3.8) is 0 Å². The molecule has 0 radical (unpaired) electrons. The van der Waals surface area contributed by atoms with Crippen molar-refractivity contribution in [2.45, 2.75) is 20.0 Å². The minimum absolute atomic E-state index is 0.176. The van der Waals surface area contributed by atoms with E-state index in [0.717, 1.165) is 33.9 Å². The predicted molar refractivity (Wildman–Crippen MR) is 115 cm³/mol. The van der Waals surface area contributed by atoms with E-state index in [9.17, 15) is 4.79 Å². The van der Waals surface area contributed by atoms with Gasteiger partial charge >= 0.3 is 0 Å². The van der Waals surface area contributed by atoms with E-state index in [1.807, 2.05) is 60.0 Å². The van der Waals surface area contributed by atoms with Crippen molar-refractivity contribution >= 4 is 17.0 Å². The summed E-state index contributed by atoms with van der Waals surface area (Å²) in [6, 6.07) is 17.2. The highest BCUT2D eigenvalue weighted by atomic mass is 16.7. The average Bonchev–Trinajstić information content (AvgIpc) is 3.47. The molecule has 3 heterocycles. The molecule has 1 amide bonds. The molecule has 0 unspecified atom stereocenters. The van der Waals surface area contributed by atoms with Crippen molar-refractivity contribution in [3.05, 3.63) is 77.2 Å². The van der Waals surface area contributed by atoms with Crippen molar-refractivity contribution in [2.75, 3.05) is 13.9 Å². The van der Waals surface area contributed by atoms with Crippen molar-refractivity contribution < 1.29 is 23.4 Å². The number of rotatable bonds is 6. The van der Waals surface area contributed by atoms with Gasteiger partial charge in [-0.3, -0.25) is 4.79 Å². The lowest BCUT2D eigenvalue weighted by Gasteiger charge is -2.12. The molecule has 5 rings (SSSR count). The summed E-state index contributed by atoms with van der Waals surface area (Å²) in [5.74, 6) is 2.82. The third-order valence-corrected chi connectivity index (χ3v) is 5.31. The quantitative estimate of drug-likeness (QED) is 0.507. The SMILES string of the molecule is COc1cccc(Cn2c(C(=O)NCc3ccc4c(c3)OCO4)cc3oc(C)cc32)c1. The first-order valence-electron chi connectivity index (χ1n) is 10.00. The molecule has 1 N–H and O–H groups in total. The number of furan rings is 1. The molecule has 0 fully saturated rings. The van der Waals surface area contributed by atoms with Crippen LogP contribution in [0.4, 0.5) is 0 Å². The van der Waals surface area contributed by atoms with Crippen LogP contribution in [0.1, 0.15) is 27.4 Å². The first-order chi connectivity index (χ1) is 15.1. The highest BCUT2D eigenvalue weighted by Crippen LogP contribution is 2.32. The highest BCUT2D eigenvalue weighted by molar-refractivity contribution is 5.97. The minimum atomic E-state index is -0.176. The van der Waals surface area contributed by atoms with Gasteiger partial charge in [-0.15, -0.1) is 0 Å². The monoisotopic (exact) mass is 418 g/mol. The molecule has 7 nitrogen and oxygen atoms in total. The number of fused-ring (bicyclic) bond motifs is 2. The normalized spacial score (nSPS) is 12.3. The molecular formula is C24H22N2O5. The van der Waals surface area contributed by atoms with E-state index in [4.69, 9.17) is 18.6 Å². The van der Waals surface area contributed by atoms with E-state index < -0.39 is 0 Å². The number of hydrogen-bond acceptors (Lipinski definition) is 5. The van der Waals surface area contributed by atoms with Gasteiger partial charge < -0.3 is 28.5 Å². The summed E-state index contributed by atoms with van der Waals surface area (Å²) >= 11 is 0. The van der Waals surface area contributed by atoms with Crippen LogP contribution in [0, 0.1) is 6.92 Å².